The van der Waals surface area contributed by atoms with Crippen LogP contribution in [0, 0.1) is 6.92 Å². The Bertz CT molecular complexity index is 1240. The molecule has 168 valence electrons. The van der Waals surface area contributed by atoms with E-state index in [1.807, 2.05) is 0 Å². The molecule has 3 aromatic carbocycles. The fourth-order valence-electron chi connectivity index (χ4n) is 2.97. The minimum Gasteiger partial charge on any atom is -0.508 e. The number of amides is 2. The van der Waals surface area contributed by atoms with Gasteiger partial charge in [-0.2, -0.15) is 13.2 Å². The minimum absolute atomic E-state index is 0.00226. The number of rotatable bonds is 5. The zero-order valence-electron chi connectivity index (χ0n) is 16.8. The zero-order chi connectivity index (χ0) is 23.5. The van der Waals surface area contributed by atoms with E-state index in [1.165, 1.54) is 48.5 Å². The van der Waals surface area contributed by atoms with Crippen LogP contribution >= 0.6 is 0 Å². The van der Waals surface area contributed by atoms with E-state index in [1.54, 1.807) is 6.92 Å². The number of hydrogen-bond acceptors (Lipinski definition) is 4. The summed E-state index contributed by atoms with van der Waals surface area (Å²) in [4.78, 5) is 12.2. The van der Waals surface area contributed by atoms with Crippen molar-refractivity contribution in [1.82, 2.24) is 0 Å². The van der Waals surface area contributed by atoms with Gasteiger partial charge in [0.1, 0.15) is 5.75 Å². The summed E-state index contributed by atoms with van der Waals surface area (Å²) >= 11 is 0. The lowest BCUT2D eigenvalue weighted by atomic mass is 10.2. The molecule has 0 aliphatic rings. The lowest BCUT2D eigenvalue weighted by Crippen LogP contribution is -2.20. The van der Waals surface area contributed by atoms with Gasteiger partial charge in [0.15, 0.2) is 9.84 Å². The van der Waals surface area contributed by atoms with Crippen LogP contribution in [0.1, 0.15) is 16.7 Å². The van der Waals surface area contributed by atoms with Crippen LogP contribution in [0.3, 0.4) is 0 Å². The summed E-state index contributed by atoms with van der Waals surface area (Å²) in [5.74, 6) is -0.297. The van der Waals surface area contributed by atoms with E-state index in [0.29, 0.717) is 11.1 Å². The van der Waals surface area contributed by atoms with Gasteiger partial charge in [0.05, 0.1) is 16.2 Å². The first-order valence-corrected chi connectivity index (χ1v) is 11.0. The number of phenolic OH excluding ortho intramolecular Hbond substituents is 1. The first kappa shape index (κ1) is 23.1. The van der Waals surface area contributed by atoms with Crippen LogP contribution in [0.4, 0.5) is 29.3 Å². The van der Waals surface area contributed by atoms with E-state index in [2.05, 4.69) is 10.6 Å². The van der Waals surface area contributed by atoms with E-state index in [-0.39, 0.29) is 27.8 Å². The van der Waals surface area contributed by atoms with Crippen molar-refractivity contribution in [1.29, 1.82) is 0 Å². The summed E-state index contributed by atoms with van der Waals surface area (Å²) in [6.45, 7) is 1.61. The van der Waals surface area contributed by atoms with Gasteiger partial charge >= 0.3 is 12.2 Å². The van der Waals surface area contributed by atoms with Crippen LogP contribution < -0.4 is 10.6 Å². The second kappa shape index (κ2) is 8.91. The van der Waals surface area contributed by atoms with E-state index in [4.69, 9.17) is 0 Å². The average molecular weight is 464 g/mol. The predicted octanol–water partition coefficient (Wildman–Crippen LogP) is 5.34. The summed E-state index contributed by atoms with van der Waals surface area (Å²) < 4.78 is 64.2. The van der Waals surface area contributed by atoms with Gasteiger partial charge in [-0.3, -0.25) is 0 Å². The normalized spacial score (nSPS) is 11.8. The Hall–Kier alpha value is -3.53. The van der Waals surface area contributed by atoms with Gasteiger partial charge in [-0.25, -0.2) is 13.2 Å². The monoisotopic (exact) mass is 464 g/mol. The number of halogens is 3. The van der Waals surface area contributed by atoms with E-state index in [9.17, 15) is 31.5 Å². The van der Waals surface area contributed by atoms with E-state index >= 15 is 0 Å². The lowest BCUT2D eigenvalue weighted by Gasteiger charge is -2.13. The lowest BCUT2D eigenvalue weighted by molar-refractivity contribution is -0.137. The van der Waals surface area contributed by atoms with Gasteiger partial charge in [0.25, 0.3) is 0 Å². The molecular weight excluding hydrogens is 445 g/mol. The Kier molecular flexibility index (Phi) is 6.45. The van der Waals surface area contributed by atoms with Crippen molar-refractivity contribution in [2.75, 3.05) is 10.6 Å². The topological polar surface area (TPSA) is 95.5 Å². The quantitative estimate of drug-likeness (QED) is 0.475. The summed E-state index contributed by atoms with van der Waals surface area (Å²) in [6, 6.07) is 13.4. The third kappa shape index (κ3) is 5.79. The number of carbonyl (C=O) groups is 1. The zero-order valence-corrected chi connectivity index (χ0v) is 17.6. The largest absolute Gasteiger partial charge is 0.508 e. The summed E-state index contributed by atoms with van der Waals surface area (Å²) in [5, 5.41) is 14.1. The predicted molar refractivity (Wildman–Crippen MR) is 114 cm³/mol. The van der Waals surface area contributed by atoms with Gasteiger partial charge in [-0.05, 0) is 60.5 Å². The second-order valence-corrected chi connectivity index (χ2v) is 9.02. The molecule has 10 heteroatoms. The number of phenols is 1. The average Bonchev–Trinajstić information content (AvgIpc) is 2.70. The van der Waals surface area contributed by atoms with Gasteiger partial charge in [-0.15, -0.1) is 0 Å². The molecule has 0 unspecified atom stereocenters. The van der Waals surface area contributed by atoms with Crippen molar-refractivity contribution < 1.29 is 31.5 Å². The molecule has 0 saturated heterocycles. The van der Waals surface area contributed by atoms with Crippen LogP contribution in [0.2, 0.25) is 0 Å². The second-order valence-electron chi connectivity index (χ2n) is 7.06. The van der Waals surface area contributed by atoms with Crippen molar-refractivity contribution in [2.45, 2.75) is 23.7 Å². The van der Waals surface area contributed by atoms with Crippen LogP contribution in [-0.2, 0) is 21.8 Å². The SMILES string of the molecule is Cc1ccc(NC(=O)Nc2cccc(C(F)(F)F)c2)cc1S(=O)(=O)Cc1ccc(O)cc1. The molecule has 0 heterocycles. The highest BCUT2D eigenvalue weighted by molar-refractivity contribution is 7.90. The molecule has 0 fully saturated rings. The van der Waals surface area contributed by atoms with Crippen molar-refractivity contribution >= 4 is 27.2 Å². The first-order valence-electron chi connectivity index (χ1n) is 9.31. The number of carbonyl (C=O) groups excluding carboxylic acids is 1. The van der Waals surface area contributed by atoms with Crippen molar-refractivity contribution in [2.24, 2.45) is 0 Å². The number of urea groups is 1. The number of alkyl halides is 3. The van der Waals surface area contributed by atoms with E-state index in [0.717, 1.165) is 18.2 Å². The Morgan fingerprint density at radius 3 is 2.19 bits per heavy atom. The van der Waals surface area contributed by atoms with Gasteiger partial charge in [0.2, 0.25) is 0 Å². The number of hydrogen-bond donors (Lipinski definition) is 3. The van der Waals surface area contributed by atoms with Crippen molar-refractivity contribution in [3.63, 3.8) is 0 Å². The van der Waals surface area contributed by atoms with Gasteiger partial charge < -0.3 is 15.7 Å². The maximum atomic E-state index is 12.9. The number of anilines is 2. The molecule has 3 N–H and O–H groups in total. The summed E-state index contributed by atoms with van der Waals surface area (Å²) in [6.07, 6.45) is -4.55. The number of sulfone groups is 1. The highest BCUT2D eigenvalue weighted by atomic mass is 32.2. The Morgan fingerprint density at radius 1 is 0.938 bits per heavy atom. The molecular formula is C22H19F3N2O4S. The molecule has 3 aromatic rings. The Balaban J connectivity index is 1.77. The molecule has 0 bridgehead atoms. The molecule has 0 spiro atoms. The van der Waals surface area contributed by atoms with Gasteiger partial charge in [-0.1, -0.05) is 24.3 Å². The van der Waals surface area contributed by atoms with E-state index < -0.39 is 27.6 Å². The summed E-state index contributed by atoms with van der Waals surface area (Å²) in [7, 11) is -3.77. The molecule has 0 aromatic heterocycles. The number of aryl methyl sites for hydroxylation is 1. The Labute approximate surface area is 182 Å². The standard InChI is InChI=1S/C22H19F3N2O4S/c1-14-5-8-18(12-20(14)32(30,31)13-15-6-9-19(28)10-7-15)27-21(29)26-17-4-2-3-16(11-17)22(23,24)25/h2-12,28H,13H2,1H3,(H2,26,27,29). The number of aromatic hydroxyl groups is 1. The highest BCUT2D eigenvalue weighted by Gasteiger charge is 2.30. The molecule has 32 heavy (non-hydrogen) atoms. The fourth-order valence-corrected chi connectivity index (χ4v) is 4.62. The minimum atomic E-state index is -4.55. The summed E-state index contributed by atoms with van der Waals surface area (Å²) in [5.41, 5.74) is 0.123. The van der Waals surface area contributed by atoms with Crippen LogP contribution in [0.25, 0.3) is 0 Å². The third-order valence-corrected chi connectivity index (χ3v) is 6.35. The molecule has 0 aliphatic carbocycles. The molecule has 2 amide bonds. The van der Waals surface area contributed by atoms with Crippen molar-refractivity contribution in [3.05, 3.63) is 83.4 Å². The fraction of sp³-hybridized carbons (Fsp3) is 0.136. The van der Waals surface area contributed by atoms with Crippen LogP contribution in [0.15, 0.2) is 71.6 Å². The Morgan fingerprint density at radius 2 is 1.56 bits per heavy atom. The third-order valence-electron chi connectivity index (χ3n) is 4.52. The number of nitrogens with one attached hydrogen (secondary N) is 2. The van der Waals surface area contributed by atoms with Crippen LogP contribution in [-0.4, -0.2) is 19.6 Å². The van der Waals surface area contributed by atoms with Crippen molar-refractivity contribution in [3.8, 4) is 5.75 Å². The molecule has 0 saturated carbocycles. The van der Waals surface area contributed by atoms with Gasteiger partial charge in [0, 0.05) is 11.4 Å². The number of benzene rings is 3. The molecule has 0 radical (unpaired) electrons. The molecule has 3 rings (SSSR count). The molecule has 0 aliphatic heterocycles. The van der Waals surface area contributed by atoms with Crippen LogP contribution in [0.5, 0.6) is 5.75 Å². The smallest absolute Gasteiger partial charge is 0.416 e. The molecule has 0 atom stereocenters. The maximum Gasteiger partial charge on any atom is 0.416 e. The first-order chi connectivity index (χ1) is 14.9. The molecule has 6 nitrogen and oxygen atoms in total. The maximum absolute atomic E-state index is 12.9. The highest BCUT2D eigenvalue weighted by Crippen LogP contribution is 2.31.